The third-order valence-electron chi connectivity index (χ3n) is 3.43. The van der Waals surface area contributed by atoms with E-state index in [1.165, 1.54) is 25.7 Å². The van der Waals surface area contributed by atoms with Crippen LogP contribution in [-0.2, 0) is 14.3 Å². The Bertz CT molecular complexity index is 355. The van der Waals surface area contributed by atoms with Crippen molar-refractivity contribution in [1.29, 1.82) is 0 Å². The molecule has 0 aromatic heterocycles. The highest BCUT2D eigenvalue weighted by molar-refractivity contribution is 5.94. The number of carbonyl (C=O) groups is 1. The Labute approximate surface area is 116 Å². The maximum absolute atomic E-state index is 11.8. The van der Waals surface area contributed by atoms with Crippen LogP contribution in [-0.4, -0.2) is 18.7 Å². The second kappa shape index (κ2) is 8.03. The van der Waals surface area contributed by atoms with Crippen LogP contribution in [0.1, 0.15) is 59.3 Å². The topological polar surface area (TPSA) is 35.5 Å². The molecule has 1 aliphatic rings. The largest absolute Gasteiger partial charge is 0.489 e. The third-order valence-corrected chi connectivity index (χ3v) is 3.43. The summed E-state index contributed by atoms with van der Waals surface area (Å²) >= 11 is 0. The normalized spacial score (nSPS) is 18.7. The first-order valence-corrected chi connectivity index (χ1v) is 7.35. The summed E-state index contributed by atoms with van der Waals surface area (Å²) in [4.78, 5) is 11.8. The Balaban J connectivity index is 2.42. The molecule has 0 spiro atoms. The first-order chi connectivity index (χ1) is 9.11. The van der Waals surface area contributed by atoms with E-state index in [0.717, 1.165) is 18.4 Å². The van der Waals surface area contributed by atoms with Crippen molar-refractivity contribution in [3.63, 3.8) is 0 Å². The lowest BCUT2D eigenvalue weighted by Gasteiger charge is -2.12. The van der Waals surface area contributed by atoms with Crippen LogP contribution in [0, 0.1) is 0 Å². The van der Waals surface area contributed by atoms with Crippen molar-refractivity contribution in [3.05, 3.63) is 23.5 Å². The average molecular weight is 266 g/mol. The first kappa shape index (κ1) is 15.8. The number of unbranched alkanes of at least 4 members (excludes halogenated alkanes) is 4. The van der Waals surface area contributed by atoms with E-state index in [4.69, 9.17) is 9.47 Å². The summed E-state index contributed by atoms with van der Waals surface area (Å²) in [7, 11) is 0. The molecule has 0 saturated carbocycles. The SMILES string of the molecule is C=C1C(C(=O)OCC)=C(C)OC1CCCCCCC. The summed E-state index contributed by atoms with van der Waals surface area (Å²) in [5.74, 6) is 0.348. The van der Waals surface area contributed by atoms with Crippen molar-refractivity contribution in [2.75, 3.05) is 6.61 Å². The summed E-state index contributed by atoms with van der Waals surface area (Å²) in [5, 5.41) is 0. The van der Waals surface area contributed by atoms with Crippen molar-refractivity contribution in [1.82, 2.24) is 0 Å². The van der Waals surface area contributed by atoms with Crippen LogP contribution in [0.15, 0.2) is 23.5 Å². The lowest BCUT2D eigenvalue weighted by atomic mass is 9.99. The van der Waals surface area contributed by atoms with Crippen LogP contribution in [0.25, 0.3) is 0 Å². The van der Waals surface area contributed by atoms with Crippen LogP contribution < -0.4 is 0 Å². The van der Waals surface area contributed by atoms with Gasteiger partial charge < -0.3 is 9.47 Å². The maximum atomic E-state index is 11.8. The molecule has 0 aromatic rings. The fourth-order valence-corrected chi connectivity index (χ4v) is 2.38. The highest BCUT2D eigenvalue weighted by Crippen LogP contribution is 2.32. The fourth-order valence-electron chi connectivity index (χ4n) is 2.38. The molecule has 0 fully saturated rings. The van der Waals surface area contributed by atoms with Gasteiger partial charge in [0.15, 0.2) is 0 Å². The highest BCUT2D eigenvalue weighted by Gasteiger charge is 2.32. The Kier molecular flexibility index (Phi) is 6.68. The average Bonchev–Trinajstić information content (AvgIpc) is 2.64. The van der Waals surface area contributed by atoms with Crippen LogP contribution in [0.5, 0.6) is 0 Å². The Hall–Kier alpha value is -1.25. The number of hydrogen-bond acceptors (Lipinski definition) is 3. The Morgan fingerprint density at radius 3 is 2.58 bits per heavy atom. The summed E-state index contributed by atoms with van der Waals surface area (Å²) < 4.78 is 10.8. The van der Waals surface area contributed by atoms with E-state index >= 15 is 0 Å². The van der Waals surface area contributed by atoms with Gasteiger partial charge in [-0.3, -0.25) is 0 Å². The van der Waals surface area contributed by atoms with Gasteiger partial charge in [-0.05, 0) is 26.7 Å². The van der Waals surface area contributed by atoms with E-state index in [2.05, 4.69) is 13.5 Å². The Morgan fingerprint density at radius 2 is 1.95 bits per heavy atom. The molecule has 1 rings (SSSR count). The number of carbonyl (C=O) groups excluding carboxylic acids is 1. The molecule has 0 amide bonds. The van der Waals surface area contributed by atoms with Gasteiger partial charge in [-0.25, -0.2) is 4.79 Å². The molecule has 0 saturated heterocycles. The zero-order valence-electron chi connectivity index (χ0n) is 12.5. The summed E-state index contributed by atoms with van der Waals surface area (Å²) in [5.41, 5.74) is 1.33. The monoisotopic (exact) mass is 266 g/mol. The van der Waals surface area contributed by atoms with Crippen LogP contribution >= 0.6 is 0 Å². The van der Waals surface area contributed by atoms with Crippen molar-refractivity contribution in [2.24, 2.45) is 0 Å². The number of rotatable bonds is 8. The standard InChI is InChI=1S/C16H26O3/c1-5-7-8-9-10-11-14-12(3)15(13(4)19-14)16(17)18-6-2/h14H,3,5-11H2,1-2,4H3. The minimum atomic E-state index is -0.307. The number of allylic oxidation sites excluding steroid dienone is 1. The Morgan fingerprint density at radius 1 is 1.26 bits per heavy atom. The molecule has 1 atom stereocenters. The number of hydrogen-bond donors (Lipinski definition) is 0. The van der Waals surface area contributed by atoms with Crippen LogP contribution in [0.3, 0.4) is 0 Å². The van der Waals surface area contributed by atoms with Crippen molar-refractivity contribution in [2.45, 2.75) is 65.4 Å². The minimum absolute atomic E-state index is 0.0407. The molecule has 0 aromatic carbocycles. The summed E-state index contributed by atoms with van der Waals surface area (Å²) in [6.07, 6.45) is 7.04. The molecule has 0 aliphatic carbocycles. The predicted octanol–water partition coefficient (Wildman–Crippen LogP) is 4.14. The molecule has 0 radical (unpaired) electrons. The van der Waals surface area contributed by atoms with Crippen molar-refractivity contribution in [3.8, 4) is 0 Å². The second-order valence-electron chi connectivity index (χ2n) is 4.99. The van der Waals surface area contributed by atoms with E-state index in [-0.39, 0.29) is 12.1 Å². The number of esters is 1. The minimum Gasteiger partial charge on any atom is -0.489 e. The predicted molar refractivity (Wildman–Crippen MR) is 76.7 cm³/mol. The highest BCUT2D eigenvalue weighted by atomic mass is 16.5. The molecule has 0 bridgehead atoms. The summed E-state index contributed by atoms with van der Waals surface area (Å²) in [6, 6.07) is 0. The van der Waals surface area contributed by atoms with Crippen molar-refractivity contribution < 1.29 is 14.3 Å². The van der Waals surface area contributed by atoms with Gasteiger partial charge in [0.05, 0.1) is 6.61 Å². The van der Waals surface area contributed by atoms with Gasteiger partial charge in [0.2, 0.25) is 0 Å². The number of ether oxygens (including phenoxy) is 2. The molecule has 0 N–H and O–H groups in total. The van der Waals surface area contributed by atoms with Gasteiger partial charge in [0.1, 0.15) is 17.4 Å². The second-order valence-corrected chi connectivity index (χ2v) is 4.99. The van der Waals surface area contributed by atoms with Gasteiger partial charge in [-0.1, -0.05) is 39.2 Å². The molecule has 108 valence electrons. The van der Waals surface area contributed by atoms with E-state index in [1.54, 1.807) is 6.92 Å². The zero-order valence-corrected chi connectivity index (χ0v) is 12.5. The molecular formula is C16H26O3. The molecular weight excluding hydrogens is 240 g/mol. The molecule has 19 heavy (non-hydrogen) atoms. The van der Waals surface area contributed by atoms with Crippen molar-refractivity contribution >= 4 is 5.97 Å². The third kappa shape index (κ3) is 4.41. The van der Waals surface area contributed by atoms with E-state index in [9.17, 15) is 4.79 Å². The van der Waals surface area contributed by atoms with Gasteiger partial charge >= 0.3 is 5.97 Å². The zero-order chi connectivity index (χ0) is 14.3. The van der Waals surface area contributed by atoms with Gasteiger partial charge in [0, 0.05) is 5.57 Å². The van der Waals surface area contributed by atoms with Crippen LogP contribution in [0.2, 0.25) is 0 Å². The molecule has 3 heteroatoms. The van der Waals surface area contributed by atoms with Crippen LogP contribution in [0.4, 0.5) is 0 Å². The first-order valence-electron chi connectivity index (χ1n) is 7.35. The van der Waals surface area contributed by atoms with E-state index < -0.39 is 0 Å². The molecule has 1 heterocycles. The fraction of sp³-hybridized carbons (Fsp3) is 0.688. The lowest BCUT2D eigenvalue weighted by molar-refractivity contribution is -0.138. The smallest absolute Gasteiger partial charge is 0.341 e. The molecule has 1 aliphatic heterocycles. The summed E-state index contributed by atoms with van der Waals surface area (Å²) in [6.45, 7) is 10.2. The van der Waals surface area contributed by atoms with Gasteiger partial charge in [0.25, 0.3) is 0 Å². The molecule has 1 unspecified atom stereocenters. The lowest BCUT2D eigenvalue weighted by Crippen LogP contribution is -2.13. The van der Waals surface area contributed by atoms with Gasteiger partial charge in [-0.15, -0.1) is 0 Å². The quantitative estimate of drug-likeness (QED) is 0.489. The van der Waals surface area contributed by atoms with Gasteiger partial charge in [-0.2, -0.15) is 0 Å². The molecule has 3 nitrogen and oxygen atoms in total. The maximum Gasteiger partial charge on any atom is 0.341 e. The van der Waals surface area contributed by atoms with E-state index in [1.807, 2.05) is 6.92 Å². The van der Waals surface area contributed by atoms with E-state index in [0.29, 0.717) is 17.9 Å².